The van der Waals surface area contributed by atoms with E-state index in [0.29, 0.717) is 10.6 Å². The highest BCUT2D eigenvalue weighted by atomic mass is 31.2. The number of ketones is 1. The molecule has 0 heterocycles. The highest BCUT2D eigenvalue weighted by molar-refractivity contribution is 7.77. The van der Waals surface area contributed by atoms with E-state index in [1.165, 1.54) is 6.92 Å². The summed E-state index contributed by atoms with van der Waals surface area (Å²) in [6.45, 7) is 1.52. The van der Waals surface area contributed by atoms with E-state index in [9.17, 15) is 9.36 Å². The van der Waals surface area contributed by atoms with Crippen LogP contribution in [0.1, 0.15) is 18.5 Å². The van der Waals surface area contributed by atoms with E-state index in [1.807, 2.05) is 91.0 Å². The van der Waals surface area contributed by atoms with E-state index in [-0.39, 0.29) is 5.78 Å². The SMILES string of the molecule is CC(=O)C(NP(=O)(c1ccccc1)c1ccccc1)c1ccccc1. The molecule has 0 aliphatic carbocycles. The van der Waals surface area contributed by atoms with Gasteiger partial charge in [-0.15, -0.1) is 0 Å². The molecule has 3 rings (SSSR count). The third-order valence-corrected chi connectivity index (χ3v) is 6.76. The van der Waals surface area contributed by atoms with Gasteiger partial charge >= 0.3 is 0 Å². The van der Waals surface area contributed by atoms with Crippen LogP contribution < -0.4 is 15.7 Å². The maximum Gasteiger partial charge on any atom is 0.205 e. The first-order chi connectivity index (χ1) is 12.1. The summed E-state index contributed by atoms with van der Waals surface area (Å²) in [5.41, 5.74) is 0.807. The van der Waals surface area contributed by atoms with E-state index in [1.54, 1.807) is 0 Å². The van der Waals surface area contributed by atoms with Crippen molar-refractivity contribution in [2.45, 2.75) is 13.0 Å². The van der Waals surface area contributed by atoms with Crippen LogP contribution in [0.4, 0.5) is 0 Å². The Labute approximate surface area is 148 Å². The van der Waals surface area contributed by atoms with Crippen LogP contribution in [0.5, 0.6) is 0 Å². The molecule has 3 aromatic carbocycles. The molecule has 0 aliphatic rings. The molecule has 0 aliphatic heterocycles. The molecule has 4 heteroatoms. The molecule has 3 aromatic rings. The fourth-order valence-electron chi connectivity index (χ4n) is 2.80. The minimum atomic E-state index is -3.17. The predicted molar refractivity (Wildman–Crippen MR) is 103 cm³/mol. The number of Topliss-reactive ketones (excluding diaryl/α,β-unsaturated/α-hetero) is 1. The van der Waals surface area contributed by atoms with Gasteiger partial charge in [-0.3, -0.25) is 9.36 Å². The van der Waals surface area contributed by atoms with Gasteiger partial charge in [-0.1, -0.05) is 66.7 Å². The minimum Gasteiger partial charge on any atom is -0.298 e. The van der Waals surface area contributed by atoms with E-state index < -0.39 is 13.3 Å². The highest BCUT2D eigenvalue weighted by Gasteiger charge is 2.32. The van der Waals surface area contributed by atoms with Gasteiger partial charge in [0.15, 0.2) is 5.78 Å². The summed E-state index contributed by atoms with van der Waals surface area (Å²) in [4.78, 5) is 12.3. The molecule has 126 valence electrons. The lowest BCUT2D eigenvalue weighted by atomic mass is 10.1. The van der Waals surface area contributed by atoms with E-state index >= 15 is 0 Å². The zero-order valence-corrected chi connectivity index (χ0v) is 14.9. The van der Waals surface area contributed by atoms with Gasteiger partial charge in [0, 0.05) is 10.6 Å². The molecule has 1 unspecified atom stereocenters. The van der Waals surface area contributed by atoms with Gasteiger partial charge in [0.1, 0.15) is 0 Å². The van der Waals surface area contributed by atoms with Crippen LogP contribution in [-0.2, 0) is 9.36 Å². The van der Waals surface area contributed by atoms with Crippen LogP contribution in [0.2, 0.25) is 0 Å². The Kier molecular flexibility index (Phi) is 5.28. The van der Waals surface area contributed by atoms with Gasteiger partial charge in [-0.25, -0.2) is 5.09 Å². The van der Waals surface area contributed by atoms with Crippen molar-refractivity contribution in [3.63, 3.8) is 0 Å². The quantitative estimate of drug-likeness (QED) is 0.688. The molecule has 0 radical (unpaired) electrons. The summed E-state index contributed by atoms with van der Waals surface area (Å²) in [6, 6.07) is 27.3. The van der Waals surface area contributed by atoms with Crippen molar-refractivity contribution in [2.75, 3.05) is 0 Å². The number of benzene rings is 3. The molecular weight excluding hydrogens is 329 g/mol. The molecule has 0 amide bonds. The van der Waals surface area contributed by atoms with Crippen molar-refractivity contribution < 1.29 is 9.36 Å². The first-order valence-electron chi connectivity index (χ1n) is 8.16. The molecule has 0 bridgehead atoms. The molecule has 0 saturated carbocycles. The van der Waals surface area contributed by atoms with Crippen molar-refractivity contribution in [2.24, 2.45) is 0 Å². The normalized spacial score (nSPS) is 12.5. The lowest BCUT2D eigenvalue weighted by Crippen LogP contribution is -2.33. The van der Waals surface area contributed by atoms with E-state index in [2.05, 4.69) is 5.09 Å². The van der Waals surface area contributed by atoms with Crippen molar-refractivity contribution in [3.05, 3.63) is 96.6 Å². The molecule has 0 aromatic heterocycles. The lowest BCUT2D eigenvalue weighted by molar-refractivity contribution is -0.118. The molecular formula is C21H20NO2P. The average Bonchev–Trinajstić information content (AvgIpc) is 2.68. The number of nitrogens with one attached hydrogen (secondary N) is 1. The molecule has 1 atom stereocenters. The second-order valence-electron chi connectivity index (χ2n) is 5.86. The number of rotatable bonds is 6. The second-order valence-corrected chi connectivity index (χ2v) is 8.37. The molecule has 0 saturated heterocycles. The van der Waals surface area contributed by atoms with Crippen LogP contribution in [0, 0.1) is 0 Å². The van der Waals surface area contributed by atoms with Gasteiger partial charge in [-0.2, -0.15) is 0 Å². The average molecular weight is 349 g/mol. The second kappa shape index (κ2) is 7.60. The van der Waals surface area contributed by atoms with E-state index in [4.69, 9.17) is 0 Å². The summed E-state index contributed by atoms with van der Waals surface area (Å²) in [5.74, 6) is -0.0710. The van der Waals surface area contributed by atoms with Gasteiger partial charge in [-0.05, 0) is 36.8 Å². The Hall–Kier alpha value is -2.48. The van der Waals surface area contributed by atoms with Gasteiger partial charge in [0.05, 0.1) is 6.04 Å². The van der Waals surface area contributed by atoms with Crippen LogP contribution in [-0.4, -0.2) is 5.78 Å². The Morgan fingerprint density at radius 1 is 0.760 bits per heavy atom. The summed E-state index contributed by atoms with van der Waals surface area (Å²) in [5, 5.41) is 4.55. The summed E-state index contributed by atoms with van der Waals surface area (Å²) < 4.78 is 14.0. The Balaban J connectivity index is 2.09. The maximum absolute atomic E-state index is 14.0. The van der Waals surface area contributed by atoms with Crippen molar-refractivity contribution in [1.82, 2.24) is 5.09 Å². The standard InChI is InChI=1S/C21H20NO2P/c1-17(23)21(18-11-5-2-6-12-18)22-25(24,19-13-7-3-8-14-19)20-15-9-4-10-16-20/h2-16,21H,1H3,(H,22,24). The Morgan fingerprint density at radius 3 is 1.56 bits per heavy atom. The molecule has 0 fully saturated rings. The fourth-order valence-corrected chi connectivity index (χ4v) is 5.28. The number of hydrogen-bond donors (Lipinski definition) is 1. The number of carbonyl (C=O) groups is 1. The predicted octanol–water partition coefficient (Wildman–Crippen LogP) is 3.84. The summed E-state index contributed by atoms with van der Waals surface area (Å²) in [7, 11) is -3.17. The Morgan fingerprint density at radius 2 is 1.16 bits per heavy atom. The van der Waals surface area contributed by atoms with Crippen LogP contribution in [0.15, 0.2) is 91.0 Å². The van der Waals surface area contributed by atoms with E-state index in [0.717, 1.165) is 5.56 Å². The molecule has 0 spiro atoms. The zero-order chi connectivity index (χ0) is 17.7. The first-order valence-corrected chi connectivity index (χ1v) is 9.86. The largest absolute Gasteiger partial charge is 0.298 e. The van der Waals surface area contributed by atoms with Crippen molar-refractivity contribution >= 4 is 23.7 Å². The Bertz CT molecular complexity index is 836. The number of carbonyl (C=O) groups excluding carboxylic acids is 1. The molecule has 1 N–H and O–H groups in total. The molecule has 25 heavy (non-hydrogen) atoms. The number of hydrogen-bond acceptors (Lipinski definition) is 2. The lowest BCUT2D eigenvalue weighted by Gasteiger charge is -2.26. The monoisotopic (exact) mass is 349 g/mol. The summed E-state index contributed by atoms with van der Waals surface area (Å²) in [6.07, 6.45) is 0. The van der Waals surface area contributed by atoms with Gasteiger partial charge in [0.25, 0.3) is 0 Å². The van der Waals surface area contributed by atoms with Crippen LogP contribution in [0.25, 0.3) is 0 Å². The summed E-state index contributed by atoms with van der Waals surface area (Å²) >= 11 is 0. The molecule has 3 nitrogen and oxygen atoms in total. The third-order valence-electron chi connectivity index (χ3n) is 4.09. The topological polar surface area (TPSA) is 46.2 Å². The van der Waals surface area contributed by atoms with Crippen molar-refractivity contribution in [3.8, 4) is 0 Å². The van der Waals surface area contributed by atoms with Crippen molar-refractivity contribution in [1.29, 1.82) is 0 Å². The first kappa shape index (κ1) is 17.3. The fraction of sp³-hybridized carbons (Fsp3) is 0.0952. The van der Waals surface area contributed by atoms with Gasteiger partial charge in [0.2, 0.25) is 7.29 Å². The van der Waals surface area contributed by atoms with Crippen LogP contribution >= 0.6 is 7.29 Å². The smallest absolute Gasteiger partial charge is 0.205 e. The minimum absolute atomic E-state index is 0.0710. The van der Waals surface area contributed by atoms with Crippen LogP contribution in [0.3, 0.4) is 0 Å². The third kappa shape index (κ3) is 3.79. The van der Waals surface area contributed by atoms with Gasteiger partial charge < -0.3 is 0 Å². The zero-order valence-electron chi connectivity index (χ0n) is 14.0. The maximum atomic E-state index is 14.0. The highest BCUT2D eigenvalue weighted by Crippen LogP contribution is 2.41.